The van der Waals surface area contributed by atoms with Crippen LogP contribution in [0.2, 0.25) is 0 Å². The quantitative estimate of drug-likeness (QED) is 0.941. The number of benzene rings is 2. The molecule has 0 aromatic heterocycles. The fraction of sp³-hybridized carbons (Fsp3) is 0. The summed E-state index contributed by atoms with van der Waals surface area (Å²) in [6.07, 6.45) is 0. The van der Waals surface area contributed by atoms with Crippen molar-refractivity contribution in [2.45, 2.75) is 0 Å². The standard InChI is InChI=1S/C14H10BrNO3/c15-11-5-7-12(8-6-11)16-13(17)9-1-3-10(4-2-9)14(18)19/h1-8H,(H,16,17)(H,18,19)/p-1. The van der Waals surface area contributed by atoms with Crippen molar-refractivity contribution >= 4 is 33.5 Å². The van der Waals surface area contributed by atoms with Crippen molar-refractivity contribution in [3.05, 3.63) is 64.1 Å². The minimum Gasteiger partial charge on any atom is -0.545 e. The second-order valence-electron chi connectivity index (χ2n) is 3.83. The summed E-state index contributed by atoms with van der Waals surface area (Å²) in [5.41, 5.74) is 1.09. The molecule has 0 spiro atoms. The zero-order valence-corrected chi connectivity index (χ0v) is 11.3. The lowest BCUT2D eigenvalue weighted by Gasteiger charge is -2.07. The molecule has 2 aromatic rings. The van der Waals surface area contributed by atoms with E-state index in [1.54, 1.807) is 12.1 Å². The number of hydrogen-bond donors (Lipinski definition) is 1. The Morgan fingerprint density at radius 3 is 1.95 bits per heavy atom. The summed E-state index contributed by atoms with van der Waals surface area (Å²) in [6, 6.07) is 12.7. The third kappa shape index (κ3) is 3.42. The minimum absolute atomic E-state index is 0.0418. The first-order valence-electron chi connectivity index (χ1n) is 5.44. The molecule has 1 N–H and O–H groups in total. The number of anilines is 1. The molecule has 0 aliphatic rings. The normalized spacial score (nSPS) is 9.95. The highest BCUT2D eigenvalue weighted by atomic mass is 79.9. The van der Waals surface area contributed by atoms with E-state index >= 15 is 0 Å². The topological polar surface area (TPSA) is 69.2 Å². The Balaban J connectivity index is 2.11. The monoisotopic (exact) mass is 318 g/mol. The van der Waals surface area contributed by atoms with E-state index in [0.29, 0.717) is 11.3 Å². The van der Waals surface area contributed by atoms with E-state index < -0.39 is 5.97 Å². The summed E-state index contributed by atoms with van der Waals surface area (Å²) < 4.78 is 0.920. The van der Waals surface area contributed by atoms with Crippen LogP contribution in [-0.2, 0) is 0 Å². The van der Waals surface area contributed by atoms with Crippen LogP contribution in [0.25, 0.3) is 0 Å². The van der Waals surface area contributed by atoms with Crippen molar-refractivity contribution in [1.82, 2.24) is 0 Å². The van der Waals surface area contributed by atoms with Gasteiger partial charge >= 0.3 is 0 Å². The number of amides is 1. The molecule has 0 fully saturated rings. The first-order chi connectivity index (χ1) is 9.06. The Morgan fingerprint density at radius 2 is 1.42 bits per heavy atom. The highest BCUT2D eigenvalue weighted by Crippen LogP contribution is 2.15. The van der Waals surface area contributed by atoms with Crippen molar-refractivity contribution in [2.75, 3.05) is 5.32 Å². The number of hydrogen-bond acceptors (Lipinski definition) is 3. The van der Waals surface area contributed by atoms with E-state index in [2.05, 4.69) is 21.2 Å². The molecule has 0 atom stereocenters. The molecule has 5 heteroatoms. The average molecular weight is 319 g/mol. The lowest BCUT2D eigenvalue weighted by atomic mass is 10.1. The maximum Gasteiger partial charge on any atom is 0.255 e. The first kappa shape index (κ1) is 13.3. The zero-order chi connectivity index (χ0) is 13.8. The van der Waals surface area contributed by atoms with Crippen molar-refractivity contribution in [1.29, 1.82) is 0 Å². The fourth-order valence-corrected chi connectivity index (χ4v) is 1.76. The average Bonchev–Trinajstić information content (AvgIpc) is 2.41. The van der Waals surface area contributed by atoms with E-state index in [0.717, 1.165) is 4.47 Å². The predicted octanol–water partition coefficient (Wildman–Crippen LogP) is 2.06. The van der Waals surface area contributed by atoms with Crippen LogP contribution >= 0.6 is 15.9 Å². The van der Waals surface area contributed by atoms with E-state index in [9.17, 15) is 14.7 Å². The summed E-state index contributed by atoms with van der Waals surface area (Å²) in [6.45, 7) is 0. The SMILES string of the molecule is O=C([O-])c1ccc(C(=O)Nc2ccc(Br)cc2)cc1. The van der Waals surface area contributed by atoms with Gasteiger partial charge in [-0.3, -0.25) is 4.79 Å². The molecule has 1 amide bonds. The third-order valence-electron chi connectivity index (χ3n) is 2.48. The van der Waals surface area contributed by atoms with Crippen molar-refractivity contribution < 1.29 is 14.7 Å². The Bertz CT molecular complexity index is 606. The van der Waals surface area contributed by atoms with Crippen molar-refractivity contribution in [2.24, 2.45) is 0 Å². The molecule has 2 aromatic carbocycles. The molecule has 96 valence electrons. The van der Waals surface area contributed by atoms with Crippen LogP contribution in [0, 0.1) is 0 Å². The van der Waals surface area contributed by atoms with Crippen LogP contribution in [0.4, 0.5) is 5.69 Å². The first-order valence-corrected chi connectivity index (χ1v) is 6.24. The van der Waals surface area contributed by atoms with Gasteiger partial charge in [0.25, 0.3) is 5.91 Å². The Hall–Kier alpha value is -2.14. The van der Waals surface area contributed by atoms with E-state index in [1.165, 1.54) is 24.3 Å². The number of nitrogens with one attached hydrogen (secondary N) is 1. The summed E-state index contributed by atoms with van der Waals surface area (Å²) >= 11 is 3.30. The molecule has 0 bridgehead atoms. The molecular weight excluding hydrogens is 310 g/mol. The van der Waals surface area contributed by atoms with Crippen LogP contribution < -0.4 is 10.4 Å². The maximum atomic E-state index is 11.9. The van der Waals surface area contributed by atoms with Crippen LogP contribution in [0.3, 0.4) is 0 Å². The molecule has 0 heterocycles. The van der Waals surface area contributed by atoms with Gasteiger partial charge in [-0.1, -0.05) is 28.1 Å². The Kier molecular flexibility index (Phi) is 3.97. The second-order valence-corrected chi connectivity index (χ2v) is 4.74. The number of halogens is 1. The fourth-order valence-electron chi connectivity index (χ4n) is 1.49. The molecule has 0 radical (unpaired) electrons. The van der Waals surface area contributed by atoms with Gasteiger partial charge in [-0.05, 0) is 42.0 Å². The van der Waals surface area contributed by atoms with Crippen molar-refractivity contribution in [3.63, 3.8) is 0 Å². The zero-order valence-electron chi connectivity index (χ0n) is 9.72. The molecule has 4 nitrogen and oxygen atoms in total. The van der Waals surface area contributed by atoms with Crippen molar-refractivity contribution in [3.8, 4) is 0 Å². The van der Waals surface area contributed by atoms with Crippen LogP contribution in [0.15, 0.2) is 53.0 Å². The van der Waals surface area contributed by atoms with Crippen LogP contribution in [0.1, 0.15) is 20.7 Å². The lowest BCUT2D eigenvalue weighted by molar-refractivity contribution is -0.255. The lowest BCUT2D eigenvalue weighted by Crippen LogP contribution is -2.22. The number of carboxylic acid groups (broad SMARTS) is 1. The molecule has 2 rings (SSSR count). The van der Waals surface area contributed by atoms with Gasteiger partial charge in [0.05, 0.1) is 5.97 Å². The highest BCUT2D eigenvalue weighted by molar-refractivity contribution is 9.10. The predicted molar refractivity (Wildman–Crippen MR) is 72.9 cm³/mol. The number of carboxylic acids is 1. The van der Waals surface area contributed by atoms with E-state index in [4.69, 9.17) is 0 Å². The van der Waals surface area contributed by atoms with Gasteiger partial charge in [0.1, 0.15) is 0 Å². The van der Waals surface area contributed by atoms with Gasteiger partial charge < -0.3 is 15.2 Å². The molecular formula is C14H9BrNO3-. The summed E-state index contributed by atoms with van der Waals surface area (Å²) in [7, 11) is 0. The number of carbonyl (C=O) groups excluding carboxylic acids is 2. The molecule has 19 heavy (non-hydrogen) atoms. The van der Waals surface area contributed by atoms with E-state index in [-0.39, 0.29) is 11.5 Å². The molecule has 0 saturated carbocycles. The number of aromatic carboxylic acids is 1. The maximum absolute atomic E-state index is 11.9. The van der Waals surface area contributed by atoms with Gasteiger partial charge in [0, 0.05) is 15.7 Å². The Morgan fingerprint density at radius 1 is 0.895 bits per heavy atom. The summed E-state index contributed by atoms with van der Waals surface area (Å²) in [5, 5.41) is 13.3. The summed E-state index contributed by atoms with van der Waals surface area (Å²) in [5.74, 6) is -1.56. The second kappa shape index (κ2) is 5.67. The third-order valence-corrected chi connectivity index (χ3v) is 3.01. The van der Waals surface area contributed by atoms with Crippen LogP contribution in [0.5, 0.6) is 0 Å². The highest BCUT2D eigenvalue weighted by Gasteiger charge is 2.06. The molecule has 0 aliphatic carbocycles. The molecule has 0 saturated heterocycles. The van der Waals surface area contributed by atoms with E-state index in [1.807, 2.05) is 12.1 Å². The minimum atomic E-state index is -1.26. The number of rotatable bonds is 3. The smallest absolute Gasteiger partial charge is 0.255 e. The summed E-state index contributed by atoms with van der Waals surface area (Å²) in [4.78, 5) is 22.5. The van der Waals surface area contributed by atoms with Gasteiger partial charge in [0.2, 0.25) is 0 Å². The number of carbonyl (C=O) groups is 2. The van der Waals surface area contributed by atoms with Gasteiger partial charge in [-0.2, -0.15) is 0 Å². The largest absolute Gasteiger partial charge is 0.545 e. The van der Waals surface area contributed by atoms with Gasteiger partial charge in [0.15, 0.2) is 0 Å². The molecule has 0 unspecified atom stereocenters. The molecule has 0 aliphatic heterocycles. The van der Waals surface area contributed by atoms with Gasteiger partial charge in [-0.25, -0.2) is 0 Å². The Labute approximate surface area is 118 Å². The van der Waals surface area contributed by atoms with Crippen LogP contribution in [-0.4, -0.2) is 11.9 Å². The van der Waals surface area contributed by atoms with Gasteiger partial charge in [-0.15, -0.1) is 0 Å².